The Morgan fingerprint density at radius 3 is 2.53 bits per heavy atom. The third-order valence-corrected chi connectivity index (χ3v) is 2.53. The normalized spacial score (nSPS) is 9.89. The van der Waals surface area contributed by atoms with Gasteiger partial charge in [0.2, 0.25) is 5.91 Å². The molecule has 0 heterocycles. The zero-order chi connectivity index (χ0) is 14.4. The first-order valence-electron chi connectivity index (χ1n) is 5.88. The van der Waals surface area contributed by atoms with Gasteiger partial charge in [-0.25, -0.2) is 0 Å². The van der Waals surface area contributed by atoms with Gasteiger partial charge < -0.3 is 20.7 Å². The van der Waals surface area contributed by atoms with E-state index in [0.717, 1.165) is 11.1 Å². The van der Waals surface area contributed by atoms with Crippen LogP contribution in [0, 0.1) is 13.8 Å². The standard InChI is InChI=1S/C12H17BN2O4/c1-8-3-4-9(2)10(5-8)12(17)14-6-11(16)15-7-13(18)19/h3-5,18-19H,6-7H2,1-2H3,(H,14,17)(H,15,16). The molecule has 0 aliphatic carbocycles. The van der Waals surface area contributed by atoms with Gasteiger partial charge in [0.25, 0.3) is 5.91 Å². The Hall–Kier alpha value is -1.86. The van der Waals surface area contributed by atoms with Crippen LogP contribution in [-0.4, -0.2) is 42.0 Å². The van der Waals surface area contributed by atoms with Gasteiger partial charge >= 0.3 is 7.12 Å². The van der Waals surface area contributed by atoms with Gasteiger partial charge in [-0.15, -0.1) is 0 Å². The molecule has 0 atom stereocenters. The molecule has 0 bridgehead atoms. The van der Waals surface area contributed by atoms with Crippen LogP contribution in [0.25, 0.3) is 0 Å². The first-order valence-corrected chi connectivity index (χ1v) is 5.88. The Morgan fingerprint density at radius 2 is 1.89 bits per heavy atom. The van der Waals surface area contributed by atoms with Crippen molar-refractivity contribution in [2.75, 3.05) is 13.0 Å². The number of aryl methyl sites for hydroxylation is 2. The van der Waals surface area contributed by atoms with Crippen molar-refractivity contribution in [3.05, 3.63) is 34.9 Å². The van der Waals surface area contributed by atoms with E-state index in [0.29, 0.717) is 5.56 Å². The molecule has 6 nitrogen and oxygen atoms in total. The fourth-order valence-corrected chi connectivity index (χ4v) is 1.50. The first kappa shape index (κ1) is 15.2. The van der Waals surface area contributed by atoms with E-state index in [1.165, 1.54) is 0 Å². The highest BCUT2D eigenvalue weighted by Crippen LogP contribution is 2.10. The number of amides is 2. The summed E-state index contributed by atoms with van der Waals surface area (Å²) in [6, 6.07) is 5.49. The minimum atomic E-state index is -1.60. The van der Waals surface area contributed by atoms with Gasteiger partial charge in [0.15, 0.2) is 0 Å². The SMILES string of the molecule is Cc1ccc(C)c(C(=O)NCC(=O)NCB(O)O)c1. The van der Waals surface area contributed by atoms with Crippen LogP contribution in [0.4, 0.5) is 0 Å². The fraction of sp³-hybridized carbons (Fsp3) is 0.333. The van der Waals surface area contributed by atoms with Gasteiger partial charge in [-0.3, -0.25) is 9.59 Å². The van der Waals surface area contributed by atoms with Gasteiger partial charge in [-0.2, -0.15) is 0 Å². The zero-order valence-corrected chi connectivity index (χ0v) is 10.9. The highest BCUT2D eigenvalue weighted by Gasteiger charge is 2.12. The smallest absolute Gasteiger partial charge is 0.426 e. The molecule has 0 saturated carbocycles. The van der Waals surface area contributed by atoms with E-state index >= 15 is 0 Å². The van der Waals surface area contributed by atoms with Crippen LogP contribution in [0.3, 0.4) is 0 Å². The van der Waals surface area contributed by atoms with Gasteiger partial charge in [0, 0.05) is 5.56 Å². The molecule has 0 aliphatic heterocycles. The van der Waals surface area contributed by atoms with E-state index < -0.39 is 13.0 Å². The molecular weight excluding hydrogens is 247 g/mol. The van der Waals surface area contributed by atoms with Gasteiger partial charge in [0.05, 0.1) is 13.0 Å². The minimum absolute atomic E-state index is 0.209. The summed E-state index contributed by atoms with van der Waals surface area (Å²) in [5, 5.41) is 21.9. The van der Waals surface area contributed by atoms with Crippen molar-refractivity contribution in [3.63, 3.8) is 0 Å². The number of benzene rings is 1. The maximum absolute atomic E-state index is 11.9. The van der Waals surface area contributed by atoms with Crippen LogP contribution >= 0.6 is 0 Å². The monoisotopic (exact) mass is 264 g/mol. The highest BCUT2D eigenvalue weighted by atomic mass is 16.4. The van der Waals surface area contributed by atoms with E-state index in [9.17, 15) is 9.59 Å². The molecule has 102 valence electrons. The predicted molar refractivity (Wildman–Crippen MR) is 71.5 cm³/mol. The van der Waals surface area contributed by atoms with Crippen LogP contribution in [0.2, 0.25) is 0 Å². The lowest BCUT2D eigenvalue weighted by atomic mass is 9.92. The number of hydrogen-bond acceptors (Lipinski definition) is 4. The third kappa shape index (κ3) is 5.11. The lowest BCUT2D eigenvalue weighted by Gasteiger charge is -2.09. The molecule has 0 unspecified atom stereocenters. The predicted octanol–water partition coefficient (Wildman–Crippen LogP) is -0.839. The van der Waals surface area contributed by atoms with Gasteiger partial charge in [-0.05, 0) is 25.5 Å². The number of rotatable bonds is 5. The molecule has 1 rings (SSSR count). The molecule has 0 saturated heterocycles. The van der Waals surface area contributed by atoms with E-state index in [-0.39, 0.29) is 18.9 Å². The molecular formula is C12H17BN2O4. The van der Waals surface area contributed by atoms with Crippen molar-refractivity contribution in [1.82, 2.24) is 10.6 Å². The van der Waals surface area contributed by atoms with Crippen molar-refractivity contribution in [3.8, 4) is 0 Å². The fourth-order valence-electron chi connectivity index (χ4n) is 1.50. The average molecular weight is 264 g/mol. The summed E-state index contributed by atoms with van der Waals surface area (Å²) in [6.45, 7) is 3.49. The number of carbonyl (C=O) groups excluding carboxylic acids is 2. The van der Waals surface area contributed by atoms with E-state index in [2.05, 4.69) is 10.6 Å². The van der Waals surface area contributed by atoms with Crippen LogP contribution < -0.4 is 10.6 Å². The van der Waals surface area contributed by atoms with E-state index in [4.69, 9.17) is 10.0 Å². The Bertz CT molecular complexity index is 477. The molecule has 0 aliphatic rings. The van der Waals surface area contributed by atoms with E-state index in [1.807, 2.05) is 26.0 Å². The second kappa shape index (κ2) is 6.91. The Morgan fingerprint density at radius 1 is 1.21 bits per heavy atom. The summed E-state index contributed by atoms with van der Waals surface area (Å²) in [6.07, 6.45) is -0.266. The molecule has 0 radical (unpaired) electrons. The number of hydrogen-bond donors (Lipinski definition) is 4. The summed E-state index contributed by atoms with van der Waals surface area (Å²) in [5.41, 5.74) is 2.31. The van der Waals surface area contributed by atoms with Crippen LogP contribution in [0.15, 0.2) is 18.2 Å². The molecule has 0 spiro atoms. The van der Waals surface area contributed by atoms with Gasteiger partial charge in [0.1, 0.15) is 0 Å². The Labute approximate surface area is 112 Å². The van der Waals surface area contributed by atoms with Crippen molar-refractivity contribution in [2.24, 2.45) is 0 Å². The number of carbonyl (C=O) groups is 2. The summed E-state index contributed by atoms with van der Waals surface area (Å²) in [4.78, 5) is 23.2. The summed E-state index contributed by atoms with van der Waals surface area (Å²) < 4.78 is 0. The minimum Gasteiger partial charge on any atom is -0.426 e. The molecule has 1 aromatic rings. The van der Waals surface area contributed by atoms with Crippen molar-refractivity contribution in [2.45, 2.75) is 13.8 Å². The van der Waals surface area contributed by atoms with Crippen molar-refractivity contribution in [1.29, 1.82) is 0 Å². The molecule has 19 heavy (non-hydrogen) atoms. The van der Waals surface area contributed by atoms with Crippen molar-refractivity contribution >= 4 is 18.9 Å². The maximum Gasteiger partial charge on any atom is 0.472 e. The highest BCUT2D eigenvalue weighted by molar-refractivity contribution is 6.41. The lowest BCUT2D eigenvalue weighted by molar-refractivity contribution is -0.119. The van der Waals surface area contributed by atoms with Crippen molar-refractivity contribution < 1.29 is 19.6 Å². The number of nitrogens with one attached hydrogen (secondary N) is 2. The van der Waals surface area contributed by atoms with Crippen LogP contribution in [0.5, 0.6) is 0 Å². The average Bonchev–Trinajstić information content (AvgIpc) is 2.36. The second-order valence-electron chi connectivity index (χ2n) is 4.29. The zero-order valence-electron chi connectivity index (χ0n) is 10.9. The second-order valence-corrected chi connectivity index (χ2v) is 4.29. The summed E-state index contributed by atoms with van der Waals surface area (Å²) >= 11 is 0. The Balaban J connectivity index is 2.51. The molecule has 2 amide bonds. The maximum atomic E-state index is 11.9. The van der Waals surface area contributed by atoms with Crippen LogP contribution in [0.1, 0.15) is 21.5 Å². The van der Waals surface area contributed by atoms with Gasteiger partial charge in [-0.1, -0.05) is 17.7 Å². The third-order valence-electron chi connectivity index (χ3n) is 2.53. The first-order chi connectivity index (χ1) is 8.90. The molecule has 4 N–H and O–H groups in total. The lowest BCUT2D eigenvalue weighted by Crippen LogP contribution is -2.41. The molecule has 7 heteroatoms. The largest absolute Gasteiger partial charge is 0.472 e. The summed E-state index contributed by atoms with van der Waals surface area (Å²) in [7, 11) is -1.60. The Kier molecular flexibility index (Phi) is 5.53. The molecule has 0 fully saturated rings. The molecule has 1 aromatic carbocycles. The summed E-state index contributed by atoms with van der Waals surface area (Å²) in [5.74, 6) is -0.812. The van der Waals surface area contributed by atoms with E-state index in [1.54, 1.807) is 6.07 Å². The quantitative estimate of drug-likeness (QED) is 0.521. The topological polar surface area (TPSA) is 98.7 Å². The van der Waals surface area contributed by atoms with Crippen LogP contribution in [-0.2, 0) is 4.79 Å². The molecule has 0 aromatic heterocycles.